The molecule has 0 saturated heterocycles. The number of nitrogens with one attached hydrogen (secondary N) is 1. The summed E-state index contributed by atoms with van der Waals surface area (Å²) in [6.07, 6.45) is 7.40. The Balaban J connectivity index is 1.87. The first kappa shape index (κ1) is 15.0. The second kappa shape index (κ2) is 6.49. The number of rotatable bonds is 3. The normalized spacial score (nSPS) is 23.2. The lowest BCUT2D eigenvalue weighted by molar-refractivity contribution is 0.502. The molecular formula is C16H22ClN3S. The molecule has 2 unspecified atom stereocenters. The Bertz CT molecular complexity index is 625. The van der Waals surface area contributed by atoms with Crippen LogP contribution in [0.25, 0.3) is 10.2 Å². The van der Waals surface area contributed by atoms with E-state index in [1.807, 2.05) is 0 Å². The predicted octanol–water partition coefficient (Wildman–Crippen LogP) is 5.29. The van der Waals surface area contributed by atoms with Gasteiger partial charge in [-0.05, 0) is 49.3 Å². The number of hydrogen-bond donors (Lipinski definition) is 1. The third-order valence-electron chi connectivity index (χ3n) is 4.36. The van der Waals surface area contributed by atoms with Crippen molar-refractivity contribution in [3.8, 4) is 0 Å². The molecule has 0 radical (unpaired) electrons. The summed E-state index contributed by atoms with van der Waals surface area (Å²) in [5.41, 5.74) is 0. The van der Waals surface area contributed by atoms with Gasteiger partial charge in [0, 0.05) is 10.9 Å². The Morgan fingerprint density at radius 3 is 2.95 bits per heavy atom. The van der Waals surface area contributed by atoms with Crippen LogP contribution in [0.1, 0.15) is 50.8 Å². The third kappa shape index (κ3) is 3.49. The highest BCUT2D eigenvalue weighted by atomic mass is 35.5. The van der Waals surface area contributed by atoms with Gasteiger partial charge in [-0.15, -0.1) is 11.3 Å². The van der Waals surface area contributed by atoms with Crippen LogP contribution in [0.2, 0.25) is 5.28 Å². The van der Waals surface area contributed by atoms with Crippen molar-refractivity contribution in [1.82, 2.24) is 9.97 Å². The molecular weight excluding hydrogens is 302 g/mol. The zero-order valence-electron chi connectivity index (χ0n) is 12.7. The minimum absolute atomic E-state index is 0.344. The topological polar surface area (TPSA) is 37.8 Å². The van der Waals surface area contributed by atoms with Crippen molar-refractivity contribution in [2.45, 2.75) is 58.4 Å². The van der Waals surface area contributed by atoms with E-state index in [1.165, 1.54) is 37.0 Å². The van der Waals surface area contributed by atoms with Gasteiger partial charge in [0.1, 0.15) is 10.6 Å². The maximum atomic E-state index is 6.09. The van der Waals surface area contributed by atoms with Crippen LogP contribution < -0.4 is 5.32 Å². The summed E-state index contributed by atoms with van der Waals surface area (Å²) in [6.45, 7) is 4.52. The quantitative estimate of drug-likeness (QED) is 0.616. The van der Waals surface area contributed by atoms with E-state index in [1.54, 1.807) is 11.3 Å². The van der Waals surface area contributed by atoms with Crippen LogP contribution in [0.4, 0.5) is 5.82 Å². The smallest absolute Gasteiger partial charge is 0.225 e. The number of aromatic nitrogens is 2. The van der Waals surface area contributed by atoms with Crippen molar-refractivity contribution in [3.63, 3.8) is 0 Å². The average Bonchev–Trinajstić information content (AvgIpc) is 2.76. The van der Waals surface area contributed by atoms with Gasteiger partial charge in [-0.3, -0.25) is 0 Å². The fraction of sp³-hybridized carbons (Fsp3) is 0.625. The molecule has 2 heterocycles. The zero-order valence-corrected chi connectivity index (χ0v) is 14.2. The number of halogens is 1. The number of thiophene rings is 1. The minimum Gasteiger partial charge on any atom is -0.367 e. The lowest BCUT2D eigenvalue weighted by Gasteiger charge is -2.17. The van der Waals surface area contributed by atoms with Crippen LogP contribution in [0.5, 0.6) is 0 Å². The standard InChI is InChI=1S/C16H22ClN3S/c1-3-12-9-13-14(19-16(17)20-15(13)21-12)18-11-6-4-5-10(2)7-8-11/h9-11H,3-8H2,1-2H3,(H,18,19,20). The lowest BCUT2D eigenvalue weighted by atomic mass is 10.0. The average molecular weight is 324 g/mol. The van der Waals surface area contributed by atoms with Gasteiger partial charge in [0.25, 0.3) is 0 Å². The maximum absolute atomic E-state index is 6.09. The van der Waals surface area contributed by atoms with Crippen molar-refractivity contribution in [2.24, 2.45) is 5.92 Å². The van der Waals surface area contributed by atoms with Gasteiger partial charge in [0.15, 0.2) is 0 Å². The third-order valence-corrected chi connectivity index (χ3v) is 5.71. The Morgan fingerprint density at radius 1 is 1.29 bits per heavy atom. The molecule has 1 fully saturated rings. The van der Waals surface area contributed by atoms with Crippen molar-refractivity contribution in [2.75, 3.05) is 5.32 Å². The highest BCUT2D eigenvalue weighted by molar-refractivity contribution is 7.18. The van der Waals surface area contributed by atoms with Gasteiger partial charge in [0.05, 0.1) is 5.39 Å². The van der Waals surface area contributed by atoms with Crippen LogP contribution in [-0.4, -0.2) is 16.0 Å². The molecule has 0 bridgehead atoms. The molecule has 1 N–H and O–H groups in total. The van der Waals surface area contributed by atoms with E-state index < -0.39 is 0 Å². The van der Waals surface area contributed by atoms with Crippen LogP contribution in [0.15, 0.2) is 6.07 Å². The summed E-state index contributed by atoms with van der Waals surface area (Å²) in [4.78, 5) is 11.1. The molecule has 3 nitrogen and oxygen atoms in total. The number of hydrogen-bond acceptors (Lipinski definition) is 4. The second-order valence-electron chi connectivity index (χ2n) is 6.08. The molecule has 0 spiro atoms. The highest BCUT2D eigenvalue weighted by Crippen LogP contribution is 2.32. The van der Waals surface area contributed by atoms with Crippen LogP contribution >= 0.6 is 22.9 Å². The first-order valence-corrected chi connectivity index (χ1v) is 9.07. The molecule has 0 aliphatic heterocycles. The molecule has 21 heavy (non-hydrogen) atoms. The SMILES string of the molecule is CCc1cc2c(NC3CCCC(C)CC3)nc(Cl)nc2s1. The number of fused-ring (bicyclic) bond motifs is 1. The zero-order chi connectivity index (χ0) is 14.8. The number of anilines is 1. The number of aryl methyl sites for hydroxylation is 1. The Morgan fingerprint density at radius 2 is 2.14 bits per heavy atom. The molecule has 1 aliphatic carbocycles. The monoisotopic (exact) mass is 323 g/mol. The molecule has 3 rings (SSSR count). The lowest BCUT2D eigenvalue weighted by Crippen LogP contribution is -2.19. The van der Waals surface area contributed by atoms with Gasteiger partial charge in [-0.2, -0.15) is 0 Å². The molecule has 2 atom stereocenters. The van der Waals surface area contributed by atoms with E-state index in [-0.39, 0.29) is 0 Å². The van der Waals surface area contributed by atoms with Crippen LogP contribution in [-0.2, 0) is 6.42 Å². The van der Waals surface area contributed by atoms with Gasteiger partial charge in [-0.1, -0.05) is 26.7 Å². The van der Waals surface area contributed by atoms with E-state index in [9.17, 15) is 0 Å². The van der Waals surface area contributed by atoms with E-state index in [4.69, 9.17) is 11.6 Å². The molecule has 114 valence electrons. The van der Waals surface area contributed by atoms with Crippen molar-refractivity contribution < 1.29 is 0 Å². The number of nitrogens with zero attached hydrogens (tertiary/aromatic N) is 2. The Kier molecular flexibility index (Phi) is 4.65. The molecule has 2 aromatic rings. The van der Waals surface area contributed by atoms with Crippen molar-refractivity contribution >= 4 is 39.0 Å². The molecule has 5 heteroatoms. The summed E-state index contributed by atoms with van der Waals surface area (Å²) in [5, 5.41) is 5.10. The first-order valence-electron chi connectivity index (χ1n) is 7.88. The maximum Gasteiger partial charge on any atom is 0.225 e. The van der Waals surface area contributed by atoms with E-state index in [0.29, 0.717) is 11.3 Å². The summed E-state index contributed by atoms with van der Waals surface area (Å²) in [7, 11) is 0. The predicted molar refractivity (Wildman–Crippen MR) is 91.5 cm³/mol. The second-order valence-corrected chi connectivity index (χ2v) is 7.53. The largest absolute Gasteiger partial charge is 0.367 e. The van der Waals surface area contributed by atoms with Gasteiger partial charge >= 0.3 is 0 Å². The van der Waals surface area contributed by atoms with E-state index in [2.05, 4.69) is 35.2 Å². The molecule has 2 aromatic heterocycles. The molecule has 0 aromatic carbocycles. The van der Waals surface area contributed by atoms with E-state index >= 15 is 0 Å². The molecule has 1 aliphatic rings. The van der Waals surface area contributed by atoms with Crippen LogP contribution in [0, 0.1) is 5.92 Å². The summed E-state index contributed by atoms with van der Waals surface area (Å²) >= 11 is 7.81. The van der Waals surface area contributed by atoms with Gasteiger partial charge in [-0.25, -0.2) is 9.97 Å². The minimum atomic E-state index is 0.344. The van der Waals surface area contributed by atoms with Crippen LogP contribution in [0.3, 0.4) is 0 Å². The summed E-state index contributed by atoms with van der Waals surface area (Å²) in [5.74, 6) is 1.76. The van der Waals surface area contributed by atoms with Crippen molar-refractivity contribution in [1.29, 1.82) is 0 Å². The molecule has 1 saturated carbocycles. The Labute approximate surface area is 135 Å². The summed E-state index contributed by atoms with van der Waals surface area (Å²) < 4.78 is 0. The summed E-state index contributed by atoms with van der Waals surface area (Å²) in [6, 6.07) is 2.71. The molecule has 0 amide bonds. The fourth-order valence-electron chi connectivity index (χ4n) is 3.05. The van der Waals surface area contributed by atoms with Gasteiger partial charge < -0.3 is 5.32 Å². The highest BCUT2D eigenvalue weighted by Gasteiger charge is 2.18. The Hall–Kier alpha value is -0.870. The van der Waals surface area contributed by atoms with Gasteiger partial charge in [0.2, 0.25) is 5.28 Å². The van der Waals surface area contributed by atoms with E-state index in [0.717, 1.165) is 28.4 Å². The van der Waals surface area contributed by atoms with Crippen molar-refractivity contribution in [3.05, 3.63) is 16.2 Å². The first-order chi connectivity index (χ1) is 10.2. The fourth-order valence-corrected chi connectivity index (χ4v) is 4.24.